The highest BCUT2D eigenvalue weighted by atomic mass is 16.5. The first-order chi connectivity index (χ1) is 14.9. The number of hydrogen-bond donors (Lipinski definition) is 1. The first kappa shape index (κ1) is 22.6. The van der Waals surface area contributed by atoms with E-state index in [4.69, 9.17) is 4.74 Å². The van der Waals surface area contributed by atoms with E-state index in [1.807, 2.05) is 61.2 Å². The second-order valence-corrected chi connectivity index (χ2v) is 8.03. The summed E-state index contributed by atoms with van der Waals surface area (Å²) in [4.78, 5) is 31.0. The molecule has 1 N–H and O–H groups in total. The molecule has 0 radical (unpaired) electrons. The summed E-state index contributed by atoms with van der Waals surface area (Å²) >= 11 is 0. The number of rotatable bonds is 7. The minimum atomic E-state index is -0.117. The molecule has 0 aliphatic carbocycles. The zero-order valence-corrected chi connectivity index (χ0v) is 18.9. The predicted molar refractivity (Wildman–Crippen MR) is 124 cm³/mol. The van der Waals surface area contributed by atoms with Gasteiger partial charge >= 0.3 is 0 Å². The van der Waals surface area contributed by atoms with Crippen molar-refractivity contribution in [2.45, 2.75) is 13.8 Å². The SMILES string of the molecule is COc1ccc(N2CCN(C(=O)CN(C)CC(=O)Nc3cccc(C)c3C)CC2)cc1. The minimum Gasteiger partial charge on any atom is -0.497 e. The number of methoxy groups -OCH3 is 1. The molecule has 0 saturated carbocycles. The Morgan fingerprint density at radius 2 is 1.68 bits per heavy atom. The van der Waals surface area contributed by atoms with Crippen molar-refractivity contribution in [3.8, 4) is 5.75 Å². The molecule has 0 spiro atoms. The van der Waals surface area contributed by atoms with Gasteiger partial charge in [-0.2, -0.15) is 0 Å². The third kappa shape index (κ3) is 5.98. The molecular weight excluding hydrogens is 392 g/mol. The number of carbonyl (C=O) groups excluding carboxylic acids is 2. The third-order valence-corrected chi connectivity index (χ3v) is 5.77. The number of likely N-dealkylation sites (N-methyl/N-ethyl adjacent to an activating group) is 1. The normalized spacial score (nSPS) is 14.0. The summed E-state index contributed by atoms with van der Waals surface area (Å²) in [7, 11) is 3.46. The number of anilines is 2. The van der Waals surface area contributed by atoms with Crippen LogP contribution in [-0.4, -0.2) is 75.0 Å². The van der Waals surface area contributed by atoms with Gasteiger partial charge in [-0.15, -0.1) is 0 Å². The van der Waals surface area contributed by atoms with Gasteiger partial charge < -0.3 is 19.9 Å². The average Bonchev–Trinajstić information content (AvgIpc) is 2.77. The summed E-state index contributed by atoms with van der Waals surface area (Å²) in [6, 6.07) is 13.8. The monoisotopic (exact) mass is 424 g/mol. The lowest BCUT2D eigenvalue weighted by atomic mass is 10.1. The molecule has 7 heteroatoms. The first-order valence-corrected chi connectivity index (χ1v) is 10.6. The molecule has 2 aromatic carbocycles. The zero-order valence-electron chi connectivity index (χ0n) is 18.9. The molecule has 0 aromatic heterocycles. The second kappa shape index (κ2) is 10.3. The number of benzene rings is 2. The molecule has 2 amide bonds. The van der Waals surface area contributed by atoms with Gasteiger partial charge in [-0.05, 0) is 62.4 Å². The first-order valence-electron chi connectivity index (χ1n) is 10.6. The van der Waals surface area contributed by atoms with Crippen molar-refractivity contribution in [1.29, 1.82) is 0 Å². The van der Waals surface area contributed by atoms with Crippen molar-refractivity contribution in [3.05, 3.63) is 53.6 Å². The van der Waals surface area contributed by atoms with E-state index in [-0.39, 0.29) is 24.9 Å². The lowest BCUT2D eigenvalue weighted by Gasteiger charge is -2.36. The van der Waals surface area contributed by atoms with Crippen molar-refractivity contribution < 1.29 is 14.3 Å². The Hall–Kier alpha value is -3.06. The molecule has 0 atom stereocenters. The second-order valence-electron chi connectivity index (χ2n) is 8.03. The highest BCUT2D eigenvalue weighted by Gasteiger charge is 2.22. The highest BCUT2D eigenvalue weighted by molar-refractivity contribution is 5.93. The molecule has 2 aromatic rings. The Morgan fingerprint density at radius 1 is 1.00 bits per heavy atom. The van der Waals surface area contributed by atoms with E-state index in [0.717, 1.165) is 41.3 Å². The molecule has 1 fully saturated rings. The summed E-state index contributed by atoms with van der Waals surface area (Å²) in [5.74, 6) is 0.770. The van der Waals surface area contributed by atoms with Gasteiger partial charge in [0.2, 0.25) is 11.8 Å². The van der Waals surface area contributed by atoms with Crippen LogP contribution in [0.3, 0.4) is 0 Å². The topological polar surface area (TPSA) is 65.1 Å². The molecule has 1 saturated heterocycles. The minimum absolute atomic E-state index is 0.0522. The maximum absolute atomic E-state index is 12.7. The van der Waals surface area contributed by atoms with E-state index in [2.05, 4.69) is 10.2 Å². The number of carbonyl (C=O) groups is 2. The van der Waals surface area contributed by atoms with Gasteiger partial charge in [0, 0.05) is 37.6 Å². The Labute approximate surface area is 184 Å². The quantitative estimate of drug-likeness (QED) is 0.740. The fraction of sp³-hybridized carbons (Fsp3) is 0.417. The van der Waals surface area contributed by atoms with Crippen LogP contribution in [0.4, 0.5) is 11.4 Å². The Kier molecular flexibility index (Phi) is 7.52. The summed E-state index contributed by atoms with van der Waals surface area (Å²) in [6.07, 6.45) is 0. The van der Waals surface area contributed by atoms with Gasteiger partial charge in [-0.1, -0.05) is 12.1 Å². The van der Waals surface area contributed by atoms with E-state index in [1.165, 1.54) is 0 Å². The molecule has 31 heavy (non-hydrogen) atoms. The van der Waals surface area contributed by atoms with Crippen LogP contribution >= 0.6 is 0 Å². The predicted octanol–water partition coefficient (Wildman–Crippen LogP) is 2.53. The maximum atomic E-state index is 12.7. The van der Waals surface area contributed by atoms with Gasteiger partial charge in [0.25, 0.3) is 0 Å². The average molecular weight is 425 g/mol. The lowest BCUT2D eigenvalue weighted by Crippen LogP contribution is -2.51. The summed E-state index contributed by atoms with van der Waals surface area (Å²) in [5, 5.41) is 2.95. The van der Waals surface area contributed by atoms with Crippen molar-refractivity contribution in [1.82, 2.24) is 9.80 Å². The molecule has 0 bridgehead atoms. The van der Waals surface area contributed by atoms with Crippen LogP contribution in [0, 0.1) is 13.8 Å². The number of hydrogen-bond acceptors (Lipinski definition) is 5. The Bertz CT molecular complexity index is 906. The highest BCUT2D eigenvalue weighted by Crippen LogP contribution is 2.21. The van der Waals surface area contributed by atoms with Crippen LogP contribution in [0.1, 0.15) is 11.1 Å². The van der Waals surface area contributed by atoms with Gasteiger partial charge in [-0.3, -0.25) is 14.5 Å². The molecule has 3 rings (SSSR count). The van der Waals surface area contributed by atoms with Gasteiger partial charge in [0.1, 0.15) is 5.75 Å². The van der Waals surface area contributed by atoms with Crippen LogP contribution in [0.25, 0.3) is 0 Å². The Morgan fingerprint density at radius 3 is 2.32 bits per heavy atom. The number of amides is 2. The number of ether oxygens (including phenoxy) is 1. The van der Waals surface area contributed by atoms with Gasteiger partial charge in [0.15, 0.2) is 0 Å². The third-order valence-electron chi connectivity index (χ3n) is 5.77. The van der Waals surface area contributed by atoms with E-state index < -0.39 is 0 Å². The van der Waals surface area contributed by atoms with Crippen LogP contribution < -0.4 is 15.0 Å². The summed E-state index contributed by atoms with van der Waals surface area (Å²) < 4.78 is 5.21. The molecule has 1 heterocycles. The summed E-state index contributed by atoms with van der Waals surface area (Å²) in [5.41, 5.74) is 4.15. The van der Waals surface area contributed by atoms with E-state index in [9.17, 15) is 9.59 Å². The van der Waals surface area contributed by atoms with Crippen molar-refractivity contribution >= 4 is 23.2 Å². The lowest BCUT2D eigenvalue weighted by molar-refractivity contribution is -0.132. The fourth-order valence-electron chi connectivity index (χ4n) is 3.72. The molecule has 0 unspecified atom stereocenters. The van der Waals surface area contributed by atoms with Crippen LogP contribution in [0.15, 0.2) is 42.5 Å². The molecule has 1 aliphatic rings. The molecule has 7 nitrogen and oxygen atoms in total. The summed E-state index contributed by atoms with van der Waals surface area (Å²) in [6.45, 7) is 7.33. The fourth-order valence-corrected chi connectivity index (χ4v) is 3.72. The van der Waals surface area contributed by atoms with Crippen LogP contribution in [0.5, 0.6) is 5.75 Å². The number of piperazine rings is 1. The Balaban J connectivity index is 1.44. The van der Waals surface area contributed by atoms with Crippen molar-refractivity contribution in [2.75, 3.05) is 63.6 Å². The number of nitrogens with one attached hydrogen (secondary N) is 1. The van der Waals surface area contributed by atoms with Gasteiger partial charge in [0.05, 0.1) is 20.2 Å². The van der Waals surface area contributed by atoms with E-state index in [1.54, 1.807) is 19.1 Å². The number of nitrogens with zero attached hydrogens (tertiary/aromatic N) is 3. The van der Waals surface area contributed by atoms with Crippen LogP contribution in [0.2, 0.25) is 0 Å². The zero-order chi connectivity index (χ0) is 22.4. The van der Waals surface area contributed by atoms with E-state index >= 15 is 0 Å². The number of aryl methyl sites for hydroxylation is 1. The van der Waals surface area contributed by atoms with Gasteiger partial charge in [-0.25, -0.2) is 0 Å². The van der Waals surface area contributed by atoms with Crippen molar-refractivity contribution in [3.63, 3.8) is 0 Å². The maximum Gasteiger partial charge on any atom is 0.238 e. The standard InChI is InChI=1S/C24H32N4O3/c1-18-6-5-7-22(19(18)2)25-23(29)16-26(3)17-24(30)28-14-12-27(13-15-28)20-8-10-21(31-4)11-9-20/h5-11H,12-17H2,1-4H3,(H,25,29). The molecule has 1 aliphatic heterocycles. The van der Waals surface area contributed by atoms with Crippen molar-refractivity contribution in [2.24, 2.45) is 0 Å². The smallest absolute Gasteiger partial charge is 0.238 e. The van der Waals surface area contributed by atoms with Crippen LogP contribution in [-0.2, 0) is 9.59 Å². The molecule has 166 valence electrons. The van der Waals surface area contributed by atoms with E-state index in [0.29, 0.717) is 13.1 Å². The largest absolute Gasteiger partial charge is 0.497 e. The molecular formula is C24H32N4O3.